The Kier molecular flexibility index (Phi) is 4.33. The lowest BCUT2D eigenvalue weighted by atomic mass is 10.2. The Morgan fingerprint density at radius 2 is 2.17 bits per heavy atom. The average Bonchev–Trinajstić information content (AvgIpc) is 2.85. The normalized spacial score (nSPS) is 12.6. The molecule has 0 spiro atoms. The van der Waals surface area contributed by atoms with Gasteiger partial charge >= 0.3 is 0 Å². The van der Waals surface area contributed by atoms with E-state index in [1.54, 1.807) is 0 Å². The van der Waals surface area contributed by atoms with E-state index in [0.29, 0.717) is 22.8 Å². The second-order valence-corrected chi connectivity index (χ2v) is 4.63. The predicted molar refractivity (Wildman–Crippen MR) is 71.6 cm³/mol. The van der Waals surface area contributed by atoms with Crippen LogP contribution in [0.5, 0.6) is 0 Å². The number of nitrogens with zero attached hydrogens (tertiary/aromatic N) is 2. The number of halogens is 1. The van der Waals surface area contributed by atoms with E-state index in [9.17, 15) is 0 Å². The fourth-order valence-corrected chi connectivity index (χ4v) is 1.81. The van der Waals surface area contributed by atoms with Gasteiger partial charge < -0.3 is 9.84 Å². The van der Waals surface area contributed by atoms with Crippen LogP contribution >= 0.6 is 11.6 Å². The molecule has 0 bridgehead atoms. The fraction of sp³-hybridized carbons (Fsp3) is 0.385. The van der Waals surface area contributed by atoms with Crippen LogP contribution in [-0.4, -0.2) is 23.2 Å². The summed E-state index contributed by atoms with van der Waals surface area (Å²) in [7, 11) is 1.94. The first-order chi connectivity index (χ1) is 8.70. The molecule has 4 nitrogen and oxygen atoms in total. The SMILES string of the molecule is CNC(C)CCc1nc(-c2ccccc2Cl)no1. The zero-order chi connectivity index (χ0) is 13.0. The zero-order valence-corrected chi connectivity index (χ0v) is 11.2. The lowest BCUT2D eigenvalue weighted by molar-refractivity contribution is 0.369. The maximum Gasteiger partial charge on any atom is 0.227 e. The highest BCUT2D eigenvalue weighted by Crippen LogP contribution is 2.24. The molecule has 1 aromatic heterocycles. The zero-order valence-electron chi connectivity index (χ0n) is 10.5. The molecule has 18 heavy (non-hydrogen) atoms. The van der Waals surface area contributed by atoms with E-state index in [2.05, 4.69) is 22.4 Å². The number of rotatable bonds is 5. The minimum absolute atomic E-state index is 0.431. The summed E-state index contributed by atoms with van der Waals surface area (Å²) >= 11 is 6.09. The van der Waals surface area contributed by atoms with Gasteiger partial charge in [0.15, 0.2) is 0 Å². The van der Waals surface area contributed by atoms with Gasteiger partial charge in [-0.15, -0.1) is 0 Å². The number of hydrogen-bond acceptors (Lipinski definition) is 4. The maximum atomic E-state index is 6.09. The molecule has 2 rings (SSSR count). The molecule has 1 atom stereocenters. The largest absolute Gasteiger partial charge is 0.339 e. The van der Waals surface area contributed by atoms with E-state index in [1.165, 1.54) is 0 Å². The molecule has 0 aliphatic heterocycles. The molecule has 1 unspecified atom stereocenters. The summed E-state index contributed by atoms with van der Waals surface area (Å²) in [5.41, 5.74) is 0.802. The van der Waals surface area contributed by atoms with E-state index < -0.39 is 0 Å². The maximum absolute atomic E-state index is 6.09. The number of aryl methyl sites for hydroxylation is 1. The highest BCUT2D eigenvalue weighted by Gasteiger charge is 2.11. The first kappa shape index (κ1) is 13.1. The summed E-state index contributed by atoms with van der Waals surface area (Å²) in [6.45, 7) is 2.12. The molecule has 1 aromatic carbocycles. The van der Waals surface area contributed by atoms with Crippen LogP contribution in [0, 0.1) is 0 Å². The number of aromatic nitrogens is 2. The van der Waals surface area contributed by atoms with Crippen molar-refractivity contribution in [1.82, 2.24) is 15.5 Å². The van der Waals surface area contributed by atoms with Gasteiger partial charge in [0.25, 0.3) is 0 Å². The minimum atomic E-state index is 0.431. The molecule has 0 aliphatic rings. The molecule has 0 radical (unpaired) electrons. The van der Waals surface area contributed by atoms with Crippen molar-refractivity contribution in [2.45, 2.75) is 25.8 Å². The van der Waals surface area contributed by atoms with Gasteiger partial charge in [0.05, 0.1) is 5.02 Å². The van der Waals surface area contributed by atoms with Crippen LogP contribution in [-0.2, 0) is 6.42 Å². The Morgan fingerprint density at radius 3 is 2.89 bits per heavy atom. The Labute approximate surface area is 111 Å². The monoisotopic (exact) mass is 265 g/mol. The predicted octanol–water partition coefficient (Wildman–Crippen LogP) is 2.93. The van der Waals surface area contributed by atoms with E-state index >= 15 is 0 Å². The molecule has 0 amide bonds. The van der Waals surface area contributed by atoms with Gasteiger partial charge in [-0.2, -0.15) is 4.98 Å². The first-order valence-corrected chi connectivity index (χ1v) is 6.33. The van der Waals surface area contributed by atoms with Crippen molar-refractivity contribution >= 4 is 11.6 Å². The van der Waals surface area contributed by atoms with Crippen LogP contribution in [0.2, 0.25) is 5.02 Å². The Balaban J connectivity index is 2.09. The molecule has 1 N–H and O–H groups in total. The third kappa shape index (κ3) is 3.09. The van der Waals surface area contributed by atoms with Crippen molar-refractivity contribution < 1.29 is 4.52 Å². The molecule has 0 aliphatic carbocycles. The Morgan fingerprint density at radius 1 is 1.39 bits per heavy atom. The van der Waals surface area contributed by atoms with Crippen molar-refractivity contribution in [3.63, 3.8) is 0 Å². The second-order valence-electron chi connectivity index (χ2n) is 4.22. The number of hydrogen-bond donors (Lipinski definition) is 1. The minimum Gasteiger partial charge on any atom is -0.339 e. The first-order valence-electron chi connectivity index (χ1n) is 5.95. The van der Waals surface area contributed by atoms with Gasteiger partial charge in [0.2, 0.25) is 11.7 Å². The average molecular weight is 266 g/mol. The van der Waals surface area contributed by atoms with E-state index in [4.69, 9.17) is 16.1 Å². The van der Waals surface area contributed by atoms with E-state index in [-0.39, 0.29) is 0 Å². The van der Waals surface area contributed by atoms with E-state index in [1.807, 2.05) is 31.3 Å². The van der Waals surface area contributed by atoms with Crippen LogP contribution in [0.1, 0.15) is 19.2 Å². The summed E-state index contributed by atoms with van der Waals surface area (Å²) in [6, 6.07) is 7.91. The Hall–Kier alpha value is -1.39. The van der Waals surface area contributed by atoms with Crippen LogP contribution in [0.4, 0.5) is 0 Å². The summed E-state index contributed by atoms with van der Waals surface area (Å²) in [4.78, 5) is 4.36. The summed E-state index contributed by atoms with van der Waals surface area (Å²) < 4.78 is 5.22. The van der Waals surface area contributed by atoms with Gasteiger partial charge in [-0.05, 0) is 32.5 Å². The molecule has 1 heterocycles. The molecular formula is C13H16ClN3O. The topological polar surface area (TPSA) is 51.0 Å². The summed E-state index contributed by atoms with van der Waals surface area (Å²) in [5, 5.41) is 7.76. The second kappa shape index (κ2) is 5.98. The van der Waals surface area contributed by atoms with Gasteiger partial charge in [-0.3, -0.25) is 0 Å². The highest BCUT2D eigenvalue weighted by molar-refractivity contribution is 6.33. The van der Waals surface area contributed by atoms with Gasteiger partial charge in [0, 0.05) is 18.0 Å². The van der Waals surface area contributed by atoms with Crippen molar-refractivity contribution in [3.05, 3.63) is 35.2 Å². The van der Waals surface area contributed by atoms with Crippen LogP contribution < -0.4 is 5.32 Å². The van der Waals surface area contributed by atoms with Crippen molar-refractivity contribution in [2.75, 3.05) is 7.05 Å². The van der Waals surface area contributed by atoms with Gasteiger partial charge in [-0.1, -0.05) is 28.9 Å². The quantitative estimate of drug-likeness (QED) is 0.903. The lowest BCUT2D eigenvalue weighted by Gasteiger charge is -2.06. The van der Waals surface area contributed by atoms with E-state index in [0.717, 1.165) is 18.4 Å². The van der Waals surface area contributed by atoms with Crippen LogP contribution in [0.25, 0.3) is 11.4 Å². The molecule has 2 aromatic rings. The fourth-order valence-electron chi connectivity index (χ4n) is 1.59. The molecular weight excluding hydrogens is 250 g/mol. The summed E-state index contributed by atoms with van der Waals surface area (Å²) in [5.74, 6) is 1.19. The van der Waals surface area contributed by atoms with Crippen molar-refractivity contribution in [2.24, 2.45) is 0 Å². The highest BCUT2D eigenvalue weighted by atomic mass is 35.5. The Bertz CT molecular complexity index is 512. The lowest BCUT2D eigenvalue weighted by Crippen LogP contribution is -2.21. The number of benzene rings is 1. The molecule has 0 saturated carbocycles. The molecule has 5 heteroatoms. The molecule has 0 saturated heterocycles. The third-order valence-corrected chi connectivity index (χ3v) is 3.20. The molecule has 96 valence electrons. The smallest absolute Gasteiger partial charge is 0.227 e. The number of nitrogens with one attached hydrogen (secondary N) is 1. The van der Waals surface area contributed by atoms with Crippen LogP contribution in [0.15, 0.2) is 28.8 Å². The third-order valence-electron chi connectivity index (χ3n) is 2.87. The van der Waals surface area contributed by atoms with Crippen molar-refractivity contribution in [1.29, 1.82) is 0 Å². The van der Waals surface area contributed by atoms with Gasteiger partial charge in [0.1, 0.15) is 0 Å². The van der Waals surface area contributed by atoms with Crippen LogP contribution in [0.3, 0.4) is 0 Å². The van der Waals surface area contributed by atoms with Gasteiger partial charge in [-0.25, -0.2) is 0 Å². The standard InChI is InChI=1S/C13H16ClN3O/c1-9(15-2)7-8-12-16-13(17-18-12)10-5-3-4-6-11(10)14/h3-6,9,15H,7-8H2,1-2H3. The van der Waals surface area contributed by atoms with Crippen molar-refractivity contribution in [3.8, 4) is 11.4 Å². The molecule has 0 fully saturated rings. The summed E-state index contributed by atoms with van der Waals surface area (Å²) in [6.07, 6.45) is 1.72.